The van der Waals surface area contributed by atoms with Gasteiger partial charge in [0.2, 0.25) is 0 Å². The molecule has 168 valence electrons. The molecule has 0 unspecified atom stereocenters. The number of ether oxygens (including phenoxy) is 1. The molecule has 0 fully saturated rings. The monoisotopic (exact) mass is 524 g/mol. The Morgan fingerprint density at radius 2 is 1.97 bits per heavy atom. The topological polar surface area (TPSA) is 88.7 Å². The second-order valence-corrected chi connectivity index (χ2v) is 8.89. The number of thioether (sulfide) groups is 1. The second-order valence-electron chi connectivity index (χ2n) is 7.09. The molecule has 33 heavy (non-hydrogen) atoms. The van der Waals surface area contributed by atoms with E-state index in [2.05, 4.69) is 43.2 Å². The number of carbonyl (C=O) groups excluding carboxylic acids is 1. The van der Waals surface area contributed by atoms with E-state index in [1.165, 1.54) is 25.1 Å². The molecule has 2 N–H and O–H groups in total. The summed E-state index contributed by atoms with van der Waals surface area (Å²) >= 11 is 4.62. The average Bonchev–Trinajstić information content (AvgIpc) is 3.18. The number of halogens is 1. The van der Waals surface area contributed by atoms with Crippen molar-refractivity contribution < 1.29 is 14.6 Å². The Hall–Kier alpha value is -3.30. The molecule has 0 aliphatic heterocycles. The molecule has 0 aliphatic rings. The van der Waals surface area contributed by atoms with Crippen LogP contribution >= 0.6 is 27.7 Å². The van der Waals surface area contributed by atoms with Crippen molar-refractivity contribution >= 4 is 50.8 Å². The zero-order chi connectivity index (χ0) is 23.2. The van der Waals surface area contributed by atoms with Crippen molar-refractivity contribution in [3.05, 3.63) is 82.3 Å². The number of amides is 1. The second kappa shape index (κ2) is 10.5. The highest BCUT2D eigenvalue weighted by Gasteiger charge is 2.13. The number of methoxy groups -OCH3 is 1. The largest absolute Gasteiger partial charge is 0.503 e. The van der Waals surface area contributed by atoms with Crippen LogP contribution in [0.25, 0.3) is 11.0 Å². The van der Waals surface area contributed by atoms with Crippen molar-refractivity contribution in [2.45, 2.75) is 11.7 Å². The number of nitrogens with zero attached hydrogens (tertiary/aromatic N) is 3. The van der Waals surface area contributed by atoms with Gasteiger partial charge in [-0.2, -0.15) is 5.10 Å². The van der Waals surface area contributed by atoms with Crippen molar-refractivity contribution in [3.63, 3.8) is 0 Å². The molecule has 4 aromatic rings. The zero-order valence-electron chi connectivity index (χ0n) is 17.7. The summed E-state index contributed by atoms with van der Waals surface area (Å²) in [5.74, 6) is 0.232. The van der Waals surface area contributed by atoms with Crippen LogP contribution in [-0.2, 0) is 11.3 Å². The summed E-state index contributed by atoms with van der Waals surface area (Å²) < 4.78 is 7.71. The molecule has 0 saturated heterocycles. The van der Waals surface area contributed by atoms with Crippen molar-refractivity contribution in [3.8, 4) is 11.5 Å². The number of hydrazone groups is 1. The molecule has 0 spiro atoms. The molecule has 0 radical (unpaired) electrons. The summed E-state index contributed by atoms with van der Waals surface area (Å²) in [6, 6.07) is 21.4. The van der Waals surface area contributed by atoms with E-state index in [-0.39, 0.29) is 17.4 Å². The predicted molar refractivity (Wildman–Crippen MR) is 134 cm³/mol. The summed E-state index contributed by atoms with van der Waals surface area (Å²) in [5, 5.41) is 14.7. The van der Waals surface area contributed by atoms with Crippen LogP contribution in [0.4, 0.5) is 0 Å². The number of phenols is 1. The Balaban J connectivity index is 1.43. The molecule has 0 atom stereocenters. The van der Waals surface area contributed by atoms with Gasteiger partial charge < -0.3 is 14.4 Å². The van der Waals surface area contributed by atoms with Crippen LogP contribution in [0, 0.1) is 0 Å². The number of nitrogens with one attached hydrogen (secondary N) is 1. The highest BCUT2D eigenvalue weighted by molar-refractivity contribution is 9.10. The van der Waals surface area contributed by atoms with Crippen LogP contribution < -0.4 is 10.2 Å². The lowest BCUT2D eigenvalue weighted by molar-refractivity contribution is -0.118. The fourth-order valence-corrected chi connectivity index (χ4v) is 4.51. The Kier molecular flexibility index (Phi) is 7.31. The minimum absolute atomic E-state index is 0.00785. The zero-order valence-corrected chi connectivity index (χ0v) is 20.1. The van der Waals surface area contributed by atoms with Gasteiger partial charge in [0.15, 0.2) is 16.7 Å². The summed E-state index contributed by atoms with van der Waals surface area (Å²) in [4.78, 5) is 17.1. The number of aromatic hydroxyl groups is 1. The number of para-hydroxylation sites is 2. The number of phenolic OH excluding ortho intramolecular Hbond substituents is 1. The first-order chi connectivity index (χ1) is 16.0. The highest BCUT2D eigenvalue weighted by atomic mass is 79.9. The lowest BCUT2D eigenvalue weighted by Gasteiger charge is -2.09. The van der Waals surface area contributed by atoms with Crippen molar-refractivity contribution in [1.29, 1.82) is 0 Å². The predicted octanol–water partition coefficient (Wildman–Crippen LogP) is 4.80. The Labute approximate surface area is 203 Å². The number of hydrogen-bond acceptors (Lipinski definition) is 6. The molecule has 7 nitrogen and oxygen atoms in total. The minimum Gasteiger partial charge on any atom is -0.503 e. The number of carbonyl (C=O) groups is 1. The summed E-state index contributed by atoms with van der Waals surface area (Å²) in [6.07, 6.45) is 1.49. The van der Waals surface area contributed by atoms with Gasteiger partial charge in [-0.05, 0) is 51.3 Å². The van der Waals surface area contributed by atoms with Gasteiger partial charge in [0.1, 0.15) is 0 Å². The van der Waals surface area contributed by atoms with Gasteiger partial charge in [-0.15, -0.1) is 0 Å². The van der Waals surface area contributed by atoms with Gasteiger partial charge in [-0.25, -0.2) is 10.4 Å². The first-order valence-corrected chi connectivity index (χ1v) is 11.8. The van der Waals surface area contributed by atoms with Gasteiger partial charge in [0.25, 0.3) is 5.91 Å². The number of fused-ring (bicyclic) bond motifs is 1. The van der Waals surface area contributed by atoms with E-state index >= 15 is 0 Å². The Morgan fingerprint density at radius 3 is 2.76 bits per heavy atom. The Bertz CT molecular complexity index is 1310. The third-order valence-corrected chi connectivity index (χ3v) is 6.39. The minimum atomic E-state index is -0.251. The van der Waals surface area contributed by atoms with E-state index in [1.807, 2.05) is 42.5 Å². The molecular formula is C24H21BrN4O3S. The molecule has 0 aliphatic carbocycles. The van der Waals surface area contributed by atoms with Crippen LogP contribution in [-0.4, -0.2) is 39.6 Å². The fourth-order valence-electron chi connectivity index (χ4n) is 3.25. The first-order valence-electron chi connectivity index (χ1n) is 10.1. The molecule has 9 heteroatoms. The van der Waals surface area contributed by atoms with E-state index < -0.39 is 0 Å². The lowest BCUT2D eigenvalue weighted by Crippen LogP contribution is -2.20. The number of aromatic nitrogens is 2. The molecule has 1 heterocycles. The van der Waals surface area contributed by atoms with Crippen LogP contribution in [0.15, 0.2) is 81.5 Å². The van der Waals surface area contributed by atoms with E-state index in [0.29, 0.717) is 22.3 Å². The normalized spacial score (nSPS) is 11.2. The number of hydrogen-bond donors (Lipinski definition) is 2. The van der Waals surface area contributed by atoms with Crippen LogP contribution in [0.3, 0.4) is 0 Å². The van der Waals surface area contributed by atoms with E-state index in [1.54, 1.807) is 12.1 Å². The first kappa shape index (κ1) is 22.9. The van der Waals surface area contributed by atoms with Gasteiger partial charge in [0.05, 0.1) is 41.1 Å². The molecule has 1 aromatic heterocycles. The van der Waals surface area contributed by atoms with Gasteiger partial charge in [-0.1, -0.05) is 54.2 Å². The molecule has 4 rings (SSSR count). The van der Waals surface area contributed by atoms with Crippen molar-refractivity contribution in [2.24, 2.45) is 5.10 Å². The van der Waals surface area contributed by atoms with Crippen molar-refractivity contribution in [1.82, 2.24) is 15.0 Å². The number of imidazole rings is 1. The fraction of sp³-hybridized carbons (Fsp3) is 0.125. The average molecular weight is 525 g/mol. The number of rotatable bonds is 8. The maximum atomic E-state index is 12.4. The SMILES string of the molecule is COc1cc(/C=N/NC(=O)CSc2nc3ccccc3n2Cc2ccccc2)cc(Br)c1O. The van der Waals surface area contributed by atoms with E-state index in [4.69, 9.17) is 9.72 Å². The molecule has 0 saturated carbocycles. The lowest BCUT2D eigenvalue weighted by atomic mass is 10.2. The van der Waals surface area contributed by atoms with E-state index in [0.717, 1.165) is 21.8 Å². The molecular weight excluding hydrogens is 504 g/mol. The Morgan fingerprint density at radius 1 is 1.21 bits per heavy atom. The number of benzene rings is 3. The van der Waals surface area contributed by atoms with Gasteiger partial charge >= 0.3 is 0 Å². The quantitative estimate of drug-likeness (QED) is 0.196. The maximum absolute atomic E-state index is 12.4. The van der Waals surface area contributed by atoms with Gasteiger partial charge in [0, 0.05) is 0 Å². The summed E-state index contributed by atoms with van der Waals surface area (Å²) in [6.45, 7) is 0.668. The third kappa shape index (κ3) is 5.55. The summed E-state index contributed by atoms with van der Waals surface area (Å²) in [5.41, 5.74) is 6.26. The van der Waals surface area contributed by atoms with Crippen molar-refractivity contribution in [2.75, 3.05) is 12.9 Å². The molecule has 1 amide bonds. The van der Waals surface area contributed by atoms with Gasteiger partial charge in [-0.3, -0.25) is 4.79 Å². The van der Waals surface area contributed by atoms with Crippen LogP contribution in [0.2, 0.25) is 0 Å². The van der Waals surface area contributed by atoms with Crippen LogP contribution in [0.5, 0.6) is 11.5 Å². The van der Waals surface area contributed by atoms with E-state index in [9.17, 15) is 9.90 Å². The molecule has 3 aromatic carbocycles. The molecule has 0 bridgehead atoms. The van der Waals surface area contributed by atoms with Crippen LogP contribution in [0.1, 0.15) is 11.1 Å². The summed E-state index contributed by atoms with van der Waals surface area (Å²) in [7, 11) is 1.46. The maximum Gasteiger partial charge on any atom is 0.250 e. The smallest absolute Gasteiger partial charge is 0.250 e. The highest BCUT2D eigenvalue weighted by Crippen LogP contribution is 2.34. The standard InChI is InChI=1S/C24H21BrN4O3S/c1-32-21-12-17(11-18(25)23(21)31)13-26-28-22(30)15-33-24-27-19-9-5-6-10-20(19)29(24)14-16-7-3-2-4-8-16/h2-13,31H,14-15H2,1H3,(H,28,30)/b26-13+. The third-order valence-electron chi connectivity index (χ3n) is 4.81.